The van der Waals surface area contributed by atoms with Gasteiger partial charge in [-0.05, 0) is 32.0 Å². The van der Waals surface area contributed by atoms with Gasteiger partial charge in [-0.25, -0.2) is 4.98 Å². The summed E-state index contributed by atoms with van der Waals surface area (Å²) >= 11 is 8.93. The van der Waals surface area contributed by atoms with Gasteiger partial charge in [0.1, 0.15) is 10.7 Å². The molecule has 1 aliphatic heterocycles. The Kier molecular flexibility index (Phi) is 8.27. The molecule has 0 bridgehead atoms. The normalized spacial score (nSPS) is 16.8. The number of thiophene rings is 1. The van der Waals surface area contributed by atoms with Crippen molar-refractivity contribution in [3.8, 4) is 9.88 Å². The number of amides is 1. The molecule has 4 nitrogen and oxygen atoms in total. The lowest BCUT2D eigenvalue weighted by Gasteiger charge is -2.23. The number of hydrogen-bond acceptors (Lipinski definition) is 5. The van der Waals surface area contributed by atoms with Gasteiger partial charge in [-0.15, -0.1) is 47.5 Å². The molecule has 23 heavy (non-hydrogen) atoms. The molecule has 0 saturated carbocycles. The van der Waals surface area contributed by atoms with Gasteiger partial charge in [0.2, 0.25) is 0 Å². The van der Waals surface area contributed by atoms with E-state index < -0.39 is 0 Å². The molecule has 1 fully saturated rings. The van der Waals surface area contributed by atoms with Crippen molar-refractivity contribution in [1.82, 2.24) is 15.2 Å². The number of thiazole rings is 1. The minimum absolute atomic E-state index is 0. The van der Waals surface area contributed by atoms with Crippen LogP contribution in [0.4, 0.5) is 0 Å². The topological polar surface area (TPSA) is 45.2 Å². The molecule has 3 rings (SSSR count). The monoisotopic (exact) mass is 413 g/mol. The van der Waals surface area contributed by atoms with Crippen molar-refractivity contribution in [2.24, 2.45) is 0 Å². The van der Waals surface area contributed by atoms with Crippen molar-refractivity contribution in [3.63, 3.8) is 0 Å². The lowest BCUT2D eigenvalue weighted by molar-refractivity contribution is 0.0732. The summed E-state index contributed by atoms with van der Waals surface area (Å²) in [7, 11) is 1.92. The highest BCUT2D eigenvalue weighted by atomic mass is 35.5. The second-order valence-electron chi connectivity index (χ2n) is 4.99. The van der Waals surface area contributed by atoms with E-state index in [1.807, 2.05) is 29.5 Å². The van der Waals surface area contributed by atoms with Gasteiger partial charge < -0.3 is 10.2 Å². The fourth-order valence-electron chi connectivity index (χ4n) is 2.61. The van der Waals surface area contributed by atoms with Crippen molar-refractivity contribution >= 4 is 65.0 Å². The molecule has 1 saturated heterocycles. The number of nitrogens with zero attached hydrogens (tertiary/aromatic N) is 2. The molecule has 1 unspecified atom stereocenters. The van der Waals surface area contributed by atoms with Crippen molar-refractivity contribution in [2.45, 2.75) is 18.9 Å². The Labute approximate surface area is 161 Å². The van der Waals surface area contributed by atoms with E-state index in [2.05, 4.69) is 10.3 Å². The van der Waals surface area contributed by atoms with Crippen LogP contribution < -0.4 is 5.32 Å². The Hall–Kier alpha value is -0.370. The molecule has 1 amide bonds. The van der Waals surface area contributed by atoms with E-state index in [9.17, 15) is 4.79 Å². The zero-order valence-corrected chi connectivity index (χ0v) is 16.5. The zero-order valence-electron chi connectivity index (χ0n) is 12.5. The highest BCUT2D eigenvalue weighted by Crippen LogP contribution is 2.33. The van der Waals surface area contributed by atoms with Crippen LogP contribution in [0.2, 0.25) is 4.34 Å². The predicted molar refractivity (Wildman–Crippen MR) is 103 cm³/mol. The number of hydrogen-bond donors (Lipinski definition) is 1. The SMILES string of the molecule is CNCC1CCCN1C(=O)c1csc(-c2ccc(Cl)s2)n1.Cl.Cl. The molecule has 2 aromatic heterocycles. The largest absolute Gasteiger partial charge is 0.333 e. The van der Waals surface area contributed by atoms with E-state index in [0.717, 1.165) is 40.2 Å². The van der Waals surface area contributed by atoms with Gasteiger partial charge in [-0.3, -0.25) is 4.79 Å². The van der Waals surface area contributed by atoms with E-state index in [-0.39, 0.29) is 36.8 Å². The average Bonchev–Trinajstić information content (AvgIpc) is 3.17. The minimum Gasteiger partial charge on any atom is -0.333 e. The molecular weight excluding hydrogens is 397 g/mol. The highest BCUT2D eigenvalue weighted by molar-refractivity contribution is 7.23. The summed E-state index contributed by atoms with van der Waals surface area (Å²) in [4.78, 5) is 20.0. The molecule has 3 heterocycles. The van der Waals surface area contributed by atoms with E-state index in [0.29, 0.717) is 5.69 Å². The van der Waals surface area contributed by atoms with Crippen molar-refractivity contribution in [2.75, 3.05) is 20.1 Å². The van der Waals surface area contributed by atoms with Gasteiger partial charge in [0.15, 0.2) is 0 Å². The van der Waals surface area contributed by atoms with E-state index >= 15 is 0 Å². The molecule has 0 spiro atoms. The number of nitrogens with one attached hydrogen (secondary N) is 1. The molecule has 9 heteroatoms. The summed E-state index contributed by atoms with van der Waals surface area (Å²) < 4.78 is 0.738. The maximum absolute atomic E-state index is 12.6. The summed E-state index contributed by atoms with van der Waals surface area (Å²) in [6.45, 7) is 1.66. The van der Waals surface area contributed by atoms with Gasteiger partial charge in [-0.1, -0.05) is 11.6 Å². The minimum atomic E-state index is 0. The third-order valence-corrected chi connectivity index (χ3v) is 5.83. The van der Waals surface area contributed by atoms with Crippen LogP contribution in [-0.4, -0.2) is 42.0 Å². The molecule has 128 valence electrons. The summed E-state index contributed by atoms with van der Waals surface area (Å²) in [6.07, 6.45) is 2.12. The average molecular weight is 415 g/mol. The molecule has 1 atom stereocenters. The Bertz CT molecular complexity index is 647. The van der Waals surface area contributed by atoms with Crippen LogP contribution >= 0.6 is 59.1 Å². The summed E-state index contributed by atoms with van der Waals surface area (Å²) in [6, 6.07) is 4.08. The van der Waals surface area contributed by atoms with Crippen LogP contribution in [0.5, 0.6) is 0 Å². The molecule has 0 aliphatic carbocycles. The van der Waals surface area contributed by atoms with Crippen LogP contribution in [0.3, 0.4) is 0 Å². The predicted octanol–water partition coefficient (Wildman–Crippen LogP) is 4.19. The van der Waals surface area contributed by atoms with Crippen molar-refractivity contribution in [1.29, 1.82) is 0 Å². The zero-order chi connectivity index (χ0) is 14.8. The number of carbonyl (C=O) groups is 1. The Morgan fingerprint density at radius 1 is 1.48 bits per heavy atom. The first-order chi connectivity index (χ1) is 10.2. The molecular formula is C14H18Cl3N3OS2. The Morgan fingerprint density at radius 3 is 2.91 bits per heavy atom. The standard InChI is InChI=1S/C14H16ClN3OS2.2ClH/c1-16-7-9-3-2-6-18(9)14(19)10-8-20-13(17-10)11-4-5-12(15)21-11;;/h4-5,8-9,16H,2-3,6-7H2,1H3;2*1H. The second kappa shape index (κ2) is 9.20. The molecule has 2 aromatic rings. The Morgan fingerprint density at radius 2 is 2.26 bits per heavy atom. The number of carbonyl (C=O) groups excluding carboxylic acids is 1. The summed E-state index contributed by atoms with van der Waals surface area (Å²) in [5.74, 6) is 0.0397. The second-order valence-corrected chi connectivity index (χ2v) is 7.57. The number of likely N-dealkylation sites (N-methyl/N-ethyl adjacent to an activating group) is 1. The van der Waals surface area contributed by atoms with E-state index in [1.54, 1.807) is 0 Å². The number of rotatable bonds is 4. The fourth-order valence-corrected chi connectivity index (χ4v) is 4.52. The number of likely N-dealkylation sites (tertiary alicyclic amines) is 1. The smallest absolute Gasteiger partial charge is 0.273 e. The molecule has 1 N–H and O–H groups in total. The first kappa shape index (κ1) is 20.7. The molecule has 1 aliphatic rings. The summed E-state index contributed by atoms with van der Waals surface area (Å²) in [5.41, 5.74) is 0.544. The van der Waals surface area contributed by atoms with Gasteiger partial charge in [0.05, 0.1) is 9.21 Å². The van der Waals surface area contributed by atoms with E-state index in [4.69, 9.17) is 11.6 Å². The van der Waals surface area contributed by atoms with Crippen molar-refractivity contribution < 1.29 is 4.79 Å². The lowest BCUT2D eigenvalue weighted by atomic mass is 10.2. The molecule has 0 radical (unpaired) electrons. The summed E-state index contributed by atoms with van der Waals surface area (Å²) in [5, 5.41) is 5.86. The first-order valence-corrected chi connectivity index (χ1v) is 8.93. The molecule has 0 aromatic carbocycles. The Balaban J connectivity index is 0.00000132. The fraction of sp³-hybridized carbons (Fsp3) is 0.429. The van der Waals surface area contributed by atoms with Crippen molar-refractivity contribution in [3.05, 3.63) is 27.5 Å². The maximum atomic E-state index is 12.6. The lowest BCUT2D eigenvalue weighted by Crippen LogP contribution is -2.40. The van der Waals surface area contributed by atoms with Gasteiger partial charge in [-0.2, -0.15) is 0 Å². The van der Waals surface area contributed by atoms with Crippen LogP contribution in [0.1, 0.15) is 23.3 Å². The van der Waals surface area contributed by atoms with Gasteiger partial charge in [0.25, 0.3) is 5.91 Å². The maximum Gasteiger partial charge on any atom is 0.273 e. The van der Waals surface area contributed by atoms with Crippen LogP contribution in [0, 0.1) is 0 Å². The van der Waals surface area contributed by atoms with E-state index in [1.165, 1.54) is 22.7 Å². The van der Waals surface area contributed by atoms with Gasteiger partial charge in [0, 0.05) is 24.5 Å². The first-order valence-electron chi connectivity index (χ1n) is 6.86. The quantitative estimate of drug-likeness (QED) is 0.816. The third-order valence-electron chi connectivity index (χ3n) is 3.59. The van der Waals surface area contributed by atoms with Crippen LogP contribution in [0.15, 0.2) is 17.5 Å². The van der Waals surface area contributed by atoms with Gasteiger partial charge >= 0.3 is 0 Å². The third kappa shape index (κ3) is 4.59. The number of aromatic nitrogens is 1. The highest BCUT2D eigenvalue weighted by Gasteiger charge is 2.30. The van der Waals surface area contributed by atoms with Crippen LogP contribution in [0.25, 0.3) is 9.88 Å². The number of halogens is 3. The van der Waals surface area contributed by atoms with Crippen LogP contribution in [-0.2, 0) is 0 Å².